The molecule has 2 unspecified atom stereocenters. The minimum Gasteiger partial charge on any atom is -0.469 e. The van der Waals surface area contributed by atoms with Gasteiger partial charge in [-0.05, 0) is 12.0 Å². The summed E-state index contributed by atoms with van der Waals surface area (Å²) in [6.07, 6.45) is 2.78. The number of rotatable bonds is 3. The summed E-state index contributed by atoms with van der Waals surface area (Å²) in [5, 5.41) is 3.51. The normalized spacial score (nSPS) is 23.1. The topological polar surface area (TPSA) is 34.4 Å². The molecule has 3 heteroatoms. The van der Waals surface area contributed by atoms with E-state index in [2.05, 4.69) is 18.3 Å². The first-order valence-corrected chi connectivity index (χ1v) is 5.11. The summed E-state index contributed by atoms with van der Waals surface area (Å²) >= 11 is 0. The minimum absolute atomic E-state index is 0.387. The second kappa shape index (κ2) is 4.15. The maximum Gasteiger partial charge on any atom is 0.109 e. The molecule has 0 saturated carbocycles. The summed E-state index contributed by atoms with van der Waals surface area (Å²) in [5.41, 5.74) is 1.31. The predicted octanol–water partition coefficient (Wildman–Crippen LogP) is 1.75. The smallest absolute Gasteiger partial charge is 0.109 e. The fourth-order valence-electron chi connectivity index (χ4n) is 2.15. The van der Waals surface area contributed by atoms with Gasteiger partial charge in [-0.15, -0.1) is 0 Å². The Labute approximate surface area is 84.4 Å². The Kier molecular flexibility index (Phi) is 2.89. The Hall–Kier alpha value is -0.800. The lowest BCUT2D eigenvalue weighted by Gasteiger charge is -2.28. The first-order valence-electron chi connectivity index (χ1n) is 5.11. The summed E-state index contributed by atoms with van der Waals surface area (Å²) in [6.45, 7) is 3.98. The van der Waals surface area contributed by atoms with Crippen molar-refractivity contribution in [1.29, 1.82) is 0 Å². The Morgan fingerprint density at radius 2 is 2.57 bits per heavy atom. The third-order valence-electron chi connectivity index (χ3n) is 2.83. The average molecular weight is 195 g/mol. The molecule has 0 fully saturated rings. The quantitative estimate of drug-likeness (QED) is 0.798. The number of furan rings is 1. The lowest BCUT2D eigenvalue weighted by molar-refractivity contribution is 0.137. The molecule has 0 radical (unpaired) electrons. The fraction of sp³-hybridized carbons (Fsp3) is 0.636. The van der Waals surface area contributed by atoms with Crippen molar-refractivity contribution in [2.24, 2.45) is 5.92 Å². The van der Waals surface area contributed by atoms with Crippen LogP contribution in [0.15, 0.2) is 16.7 Å². The second-order valence-corrected chi connectivity index (χ2v) is 3.91. The van der Waals surface area contributed by atoms with Gasteiger partial charge in [0.05, 0.1) is 12.9 Å². The molecule has 1 N–H and O–H groups in total. The number of fused-ring (bicyclic) bond motifs is 1. The van der Waals surface area contributed by atoms with E-state index < -0.39 is 0 Å². The highest BCUT2D eigenvalue weighted by molar-refractivity contribution is 5.24. The number of hydrogen-bond acceptors (Lipinski definition) is 3. The Balaban J connectivity index is 2.15. The molecule has 1 aliphatic rings. The molecule has 0 bridgehead atoms. The molecule has 1 aliphatic heterocycles. The Morgan fingerprint density at radius 3 is 3.36 bits per heavy atom. The van der Waals surface area contributed by atoms with Gasteiger partial charge in [0.2, 0.25) is 0 Å². The van der Waals surface area contributed by atoms with E-state index in [-0.39, 0.29) is 0 Å². The molecule has 14 heavy (non-hydrogen) atoms. The highest BCUT2D eigenvalue weighted by Gasteiger charge is 2.26. The molecule has 2 heterocycles. The first-order chi connectivity index (χ1) is 6.83. The second-order valence-electron chi connectivity index (χ2n) is 3.91. The average Bonchev–Trinajstić information content (AvgIpc) is 2.65. The maximum absolute atomic E-state index is 5.43. The molecular formula is C11H17NO2. The molecule has 1 aromatic rings. The molecule has 2 rings (SSSR count). The zero-order chi connectivity index (χ0) is 9.97. The summed E-state index contributed by atoms with van der Waals surface area (Å²) in [4.78, 5) is 0. The van der Waals surface area contributed by atoms with Crippen molar-refractivity contribution >= 4 is 0 Å². The van der Waals surface area contributed by atoms with Crippen LogP contribution in [0.1, 0.15) is 24.3 Å². The summed E-state index contributed by atoms with van der Waals surface area (Å²) in [6, 6.07) is 2.45. The van der Waals surface area contributed by atoms with Crippen LogP contribution in [0.5, 0.6) is 0 Å². The number of nitrogens with one attached hydrogen (secondary N) is 1. The van der Waals surface area contributed by atoms with Crippen LogP contribution in [0.3, 0.4) is 0 Å². The van der Waals surface area contributed by atoms with E-state index in [0.717, 1.165) is 25.3 Å². The van der Waals surface area contributed by atoms with Crippen molar-refractivity contribution in [2.75, 3.05) is 20.3 Å². The molecule has 2 atom stereocenters. The first kappa shape index (κ1) is 9.74. The summed E-state index contributed by atoms with van der Waals surface area (Å²) in [7, 11) is 1.75. The van der Waals surface area contributed by atoms with Gasteiger partial charge in [0, 0.05) is 31.7 Å². The third kappa shape index (κ3) is 1.70. The van der Waals surface area contributed by atoms with E-state index >= 15 is 0 Å². The molecule has 78 valence electrons. The highest BCUT2D eigenvalue weighted by atomic mass is 16.5. The minimum atomic E-state index is 0.387. The summed E-state index contributed by atoms with van der Waals surface area (Å²) < 4.78 is 10.6. The number of hydrogen-bond donors (Lipinski definition) is 1. The Bertz CT molecular complexity index is 295. The molecule has 0 aliphatic carbocycles. The van der Waals surface area contributed by atoms with Gasteiger partial charge in [0.15, 0.2) is 0 Å². The van der Waals surface area contributed by atoms with E-state index in [9.17, 15) is 0 Å². The summed E-state index contributed by atoms with van der Waals surface area (Å²) in [5.74, 6) is 1.62. The van der Waals surface area contributed by atoms with Gasteiger partial charge < -0.3 is 14.5 Å². The van der Waals surface area contributed by atoms with E-state index in [0.29, 0.717) is 12.0 Å². The molecular weight excluding hydrogens is 178 g/mol. The maximum atomic E-state index is 5.43. The van der Waals surface area contributed by atoms with Crippen molar-refractivity contribution in [3.63, 3.8) is 0 Å². The lowest BCUT2D eigenvalue weighted by Crippen LogP contribution is -2.34. The Morgan fingerprint density at radius 1 is 1.71 bits per heavy atom. The van der Waals surface area contributed by atoms with E-state index in [4.69, 9.17) is 9.15 Å². The molecule has 0 spiro atoms. The van der Waals surface area contributed by atoms with Gasteiger partial charge in [0.1, 0.15) is 5.76 Å². The number of methoxy groups -OCH3 is 1. The van der Waals surface area contributed by atoms with Crippen molar-refractivity contribution in [1.82, 2.24) is 5.32 Å². The predicted molar refractivity (Wildman–Crippen MR) is 54.2 cm³/mol. The van der Waals surface area contributed by atoms with Crippen molar-refractivity contribution in [3.8, 4) is 0 Å². The van der Waals surface area contributed by atoms with E-state index in [1.807, 2.05) is 0 Å². The monoisotopic (exact) mass is 195 g/mol. The fourth-order valence-corrected chi connectivity index (χ4v) is 2.15. The molecule has 0 saturated heterocycles. The largest absolute Gasteiger partial charge is 0.469 e. The molecule has 1 aromatic heterocycles. The SMILES string of the molecule is COCC(C)C1NCCc2occc21. The van der Waals surface area contributed by atoms with Crippen molar-refractivity contribution in [2.45, 2.75) is 19.4 Å². The van der Waals surface area contributed by atoms with E-state index in [1.54, 1.807) is 13.4 Å². The number of ether oxygens (including phenoxy) is 1. The standard InChI is InChI=1S/C11H17NO2/c1-8(7-13-2)11-9-4-6-14-10(9)3-5-12-11/h4,6,8,11-12H,3,5,7H2,1-2H3. The van der Waals surface area contributed by atoms with Crippen LogP contribution in [-0.4, -0.2) is 20.3 Å². The van der Waals surface area contributed by atoms with Gasteiger partial charge in [0.25, 0.3) is 0 Å². The molecule has 0 amide bonds. The third-order valence-corrected chi connectivity index (χ3v) is 2.83. The van der Waals surface area contributed by atoms with Gasteiger partial charge >= 0.3 is 0 Å². The lowest BCUT2D eigenvalue weighted by atomic mass is 9.92. The van der Waals surface area contributed by atoms with Crippen LogP contribution in [0.4, 0.5) is 0 Å². The van der Waals surface area contributed by atoms with Crippen LogP contribution in [-0.2, 0) is 11.2 Å². The van der Waals surface area contributed by atoms with Crippen molar-refractivity contribution in [3.05, 3.63) is 23.7 Å². The van der Waals surface area contributed by atoms with Crippen LogP contribution >= 0.6 is 0 Å². The van der Waals surface area contributed by atoms with Crippen LogP contribution in [0.2, 0.25) is 0 Å². The van der Waals surface area contributed by atoms with E-state index in [1.165, 1.54) is 5.56 Å². The van der Waals surface area contributed by atoms with Crippen LogP contribution in [0, 0.1) is 5.92 Å². The zero-order valence-corrected chi connectivity index (χ0v) is 8.75. The zero-order valence-electron chi connectivity index (χ0n) is 8.75. The molecule has 3 nitrogen and oxygen atoms in total. The van der Waals surface area contributed by atoms with Crippen LogP contribution in [0.25, 0.3) is 0 Å². The van der Waals surface area contributed by atoms with Crippen molar-refractivity contribution < 1.29 is 9.15 Å². The van der Waals surface area contributed by atoms with Gasteiger partial charge in [-0.1, -0.05) is 6.92 Å². The van der Waals surface area contributed by atoms with Gasteiger partial charge in [-0.2, -0.15) is 0 Å². The highest BCUT2D eigenvalue weighted by Crippen LogP contribution is 2.29. The molecule has 0 aromatic carbocycles. The van der Waals surface area contributed by atoms with Gasteiger partial charge in [-0.25, -0.2) is 0 Å². The van der Waals surface area contributed by atoms with Gasteiger partial charge in [-0.3, -0.25) is 0 Å². The van der Waals surface area contributed by atoms with Crippen LogP contribution < -0.4 is 5.32 Å².